The summed E-state index contributed by atoms with van der Waals surface area (Å²) < 4.78 is 5.42. The first-order valence-corrected chi connectivity index (χ1v) is 8.88. The molecule has 2 amide bonds. The number of benzene rings is 2. The Morgan fingerprint density at radius 1 is 1.16 bits per heavy atom. The number of likely N-dealkylation sites (tertiary alicyclic amines) is 1. The first-order chi connectivity index (χ1) is 12.2. The van der Waals surface area contributed by atoms with Gasteiger partial charge in [-0.05, 0) is 49.2 Å². The number of hydrogen-bond donors (Lipinski definition) is 1. The van der Waals surface area contributed by atoms with Crippen LogP contribution in [0.3, 0.4) is 0 Å². The fourth-order valence-electron chi connectivity index (χ4n) is 3.57. The minimum atomic E-state index is -0.0344. The highest BCUT2D eigenvalue weighted by molar-refractivity contribution is 5.90. The van der Waals surface area contributed by atoms with Gasteiger partial charge in [0.25, 0.3) is 0 Å². The van der Waals surface area contributed by atoms with Crippen LogP contribution in [0.2, 0.25) is 0 Å². The van der Waals surface area contributed by atoms with Crippen molar-refractivity contribution in [3.8, 4) is 5.75 Å². The molecule has 0 unspecified atom stereocenters. The Hall–Kier alpha value is -2.69. The number of ether oxygens (including phenoxy) is 1. The molecule has 5 nitrogen and oxygen atoms in total. The van der Waals surface area contributed by atoms with Gasteiger partial charge in [0.2, 0.25) is 0 Å². The fraction of sp³-hybridized carbons (Fsp3) is 0.350. The molecular weight excluding hydrogens is 314 g/mol. The molecule has 0 radical (unpaired) electrons. The lowest BCUT2D eigenvalue weighted by molar-refractivity contribution is 0.162. The Labute approximate surface area is 148 Å². The minimum absolute atomic E-state index is 0.0344. The molecule has 130 valence electrons. The zero-order valence-corrected chi connectivity index (χ0v) is 14.4. The lowest BCUT2D eigenvalue weighted by Gasteiger charge is -2.45. The molecule has 2 aliphatic heterocycles. The van der Waals surface area contributed by atoms with Crippen molar-refractivity contribution in [2.75, 3.05) is 36.5 Å². The van der Waals surface area contributed by atoms with Gasteiger partial charge in [-0.1, -0.05) is 18.2 Å². The van der Waals surface area contributed by atoms with Crippen molar-refractivity contribution in [2.24, 2.45) is 0 Å². The maximum atomic E-state index is 12.4. The highest BCUT2D eigenvalue weighted by Gasteiger charge is 2.37. The minimum Gasteiger partial charge on any atom is -0.494 e. The van der Waals surface area contributed by atoms with Gasteiger partial charge in [-0.3, -0.25) is 0 Å². The lowest BCUT2D eigenvalue weighted by atomic mass is 10.1. The maximum absolute atomic E-state index is 12.4. The van der Waals surface area contributed by atoms with Crippen molar-refractivity contribution in [1.82, 2.24) is 4.90 Å². The summed E-state index contributed by atoms with van der Waals surface area (Å²) in [5, 5.41) is 2.96. The number of anilines is 2. The average Bonchev–Trinajstić information content (AvgIpc) is 3.00. The molecule has 25 heavy (non-hydrogen) atoms. The summed E-state index contributed by atoms with van der Waals surface area (Å²) >= 11 is 0. The molecule has 5 heteroatoms. The topological polar surface area (TPSA) is 44.8 Å². The van der Waals surface area contributed by atoms with Gasteiger partial charge in [-0.15, -0.1) is 0 Å². The molecule has 0 atom stereocenters. The van der Waals surface area contributed by atoms with Crippen molar-refractivity contribution >= 4 is 17.4 Å². The molecule has 1 N–H and O–H groups in total. The number of nitrogens with zero attached hydrogens (tertiary/aromatic N) is 2. The Kier molecular flexibility index (Phi) is 4.22. The number of urea groups is 1. The van der Waals surface area contributed by atoms with Crippen LogP contribution in [0.15, 0.2) is 48.5 Å². The number of nitrogens with one attached hydrogen (secondary N) is 1. The van der Waals surface area contributed by atoms with E-state index in [9.17, 15) is 4.79 Å². The van der Waals surface area contributed by atoms with Crippen LogP contribution < -0.4 is 15.0 Å². The normalized spacial score (nSPS) is 16.4. The van der Waals surface area contributed by atoms with E-state index in [-0.39, 0.29) is 6.03 Å². The quantitative estimate of drug-likeness (QED) is 0.930. The molecule has 1 saturated heterocycles. The predicted octanol–water partition coefficient (Wildman–Crippen LogP) is 3.36. The molecule has 1 fully saturated rings. The third-order valence-electron chi connectivity index (χ3n) is 4.93. The number of amides is 2. The van der Waals surface area contributed by atoms with Crippen LogP contribution in [0.25, 0.3) is 0 Å². The van der Waals surface area contributed by atoms with Gasteiger partial charge >= 0.3 is 6.03 Å². The molecule has 0 aliphatic carbocycles. The largest absolute Gasteiger partial charge is 0.494 e. The van der Waals surface area contributed by atoms with Gasteiger partial charge in [0.15, 0.2) is 0 Å². The second kappa shape index (κ2) is 6.67. The molecule has 2 aromatic carbocycles. The van der Waals surface area contributed by atoms with Crippen molar-refractivity contribution in [3.63, 3.8) is 0 Å². The first-order valence-electron chi connectivity index (χ1n) is 8.88. The van der Waals surface area contributed by atoms with Gasteiger partial charge in [0, 0.05) is 31.0 Å². The molecule has 4 rings (SSSR count). The lowest BCUT2D eigenvalue weighted by Crippen LogP contribution is -2.61. The second-order valence-corrected chi connectivity index (χ2v) is 6.52. The molecular formula is C20H23N3O2. The zero-order chi connectivity index (χ0) is 17.2. The predicted molar refractivity (Wildman–Crippen MR) is 99.5 cm³/mol. The number of carbonyl (C=O) groups excluding carboxylic acids is 1. The molecule has 2 aromatic rings. The van der Waals surface area contributed by atoms with E-state index in [4.69, 9.17) is 4.74 Å². The molecule has 0 spiro atoms. The van der Waals surface area contributed by atoms with Crippen LogP contribution in [0.4, 0.5) is 16.2 Å². The van der Waals surface area contributed by atoms with Gasteiger partial charge in [-0.25, -0.2) is 4.79 Å². The standard InChI is InChI=1S/C20H23N3O2/c1-2-25-18-9-7-16(8-10-18)21-20(24)22-13-17(14-22)23-12-11-15-5-3-4-6-19(15)23/h3-10,17H,2,11-14H2,1H3,(H,21,24). The average molecular weight is 337 g/mol. The third kappa shape index (κ3) is 3.14. The maximum Gasteiger partial charge on any atom is 0.321 e. The van der Waals surface area contributed by atoms with E-state index in [1.54, 1.807) is 0 Å². The summed E-state index contributed by atoms with van der Waals surface area (Å²) in [6, 6.07) is 16.5. The summed E-state index contributed by atoms with van der Waals surface area (Å²) in [6.07, 6.45) is 1.10. The van der Waals surface area contributed by atoms with Crippen molar-refractivity contribution in [3.05, 3.63) is 54.1 Å². The Morgan fingerprint density at radius 3 is 2.68 bits per heavy atom. The van der Waals surface area contributed by atoms with E-state index in [0.29, 0.717) is 12.6 Å². The van der Waals surface area contributed by atoms with Crippen molar-refractivity contribution in [2.45, 2.75) is 19.4 Å². The Balaban J connectivity index is 1.31. The number of rotatable bonds is 4. The smallest absolute Gasteiger partial charge is 0.321 e. The molecule has 0 aromatic heterocycles. The third-order valence-corrected chi connectivity index (χ3v) is 4.93. The first kappa shape index (κ1) is 15.8. The molecule has 2 heterocycles. The number of fused-ring (bicyclic) bond motifs is 1. The van der Waals surface area contributed by atoms with E-state index in [2.05, 4.69) is 34.5 Å². The van der Waals surface area contributed by atoms with Crippen LogP contribution in [-0.2, 0) is 6.42 Å². The van der Waals surface area contributed by atoms with E-state index in [1.807, 2.05) is 36.1 Å². The van der Waals surface area contributed by atoms with E-state index in [0.717, 1.165) is 37.5 Å². The van der Waals surface area contributed by atoms with Crippen LogP contribution in [0, 0.1) is 0 Å². The number of para-hydroxylation sites is 1. The van der Waals surface area contributed by atoms with Crippen molar-refractivity contribution in [1.29, 1.82) is 0 Å². The summed E-state index contributed by atoms with van der Waals surface area (Å²) in [7, 11) is 0. The summed E-state index contributed by atoms with van der Waals surface area (Å²) in [5.74, 6) is 0.817. The molecule has 0 bridgehead atoms. The van der Waals surface area contributed by atoms with E-state index < -0.39 is 0 Å². The SMILES string of the molecule is CCOc1ccc(NC(=O)N2CC(N3CCc4ccccc43)C2)cc1. The van der Waals surface area contributed by atoms with Crippen LogP contribution in [0.1, 0.15) is 12.5 Å². The highest BCUT2D eigenvalue weighted by Crippen LogP contribution is 2.32. The monoisotopic (exact) mass is 337 g/mol. The summed E-state index contributed by atoms with van der Waals surface area (Å²) in [4.78, 5) is 16.7. The van der Waals surface area contributed by atoms with Crippen LogP contribution in [0.5, 0.6) is 5.75 Å². The Morgan fingerprint density at radius 2 is 1.92 bits per heavy atom. The van der Waals surface area contributed by atoms with E-state index in [1.165, 1.54) is 11.3 Å². The van der Waals surface area contributed by atoms with Gasteiger partial charge in [0.05, 0.1) is 12.6 Å². The van der Waals surface area contributed by atoms with E-state index >= 15 is 0 Å². The second-order valence-electron chi connectivity index (χ2n) is 6.52. The number of hydrogen-bond acceptors (Lipinski definition) is 3. The van der Waals surface area contributed by atoms with Crippen LogP contribution >= 0.6 is 0 Å². The summed E-state index contributed by atoms with van der Waals surface area (Å²) in [6.45, 7) is 5.20. The Bertz CT molecular complexity index is 754. The highest BCUT2D eigenvalue weighted by atomic mass is 16.5. The molecule has 2 aliphatic rings. The zero-order valence-electron chi connectivity index (χ0n) is 14.4. The van der Waals surface area contributed by atoms with Gasteiger partial charge in [-0.2, -0.15) is 0 Å². The van der Waals surface area contributed by atoms with Gasteiger partial charge < -0.3 is 19.9 Å². The number of carbonyl (C=O) groups is 1. The van der Waals surface area contributed by atoms with Gasteiger partial charge in [0.1, 0.15) is 5.75 Å². The van der Waals surface area contributed by atoms with Crippen LogP contribution in [-0.4, -0.2) is 43.2 Å². The fourth-order valence-corrected chi connectivity index (χ4v) is 3.57. The van der Waals surface area contributed by atoms with Crippen molar-refractivity contribution < 1.29 is 9.53 Å². The molecule has 0 saturated carbocycles. The summed E-state index contributed by atoms with van der Waals surface area (Å²) in [5.41, 5.74) is 3.54.